The summed E-state index contributed by atoms with van der Waals surface area (Å²) in [4.78, 5) is 61.0. The Balaban J connectivity index is 0.00000121. The van der Waals surface area contributed by atoms with Crippen LogP contribution in [0, 0.1) is 35.0 Å². The average Bonchev–Trinajstić information content (AvgIpc) is 3.38. The molecule has 0 aliphatic carbocycles. The molecule has 0 amide bonds. The molecule has 182 valence electrons. The van der Waals surface area contributed by atoms with E-state index < -0.39 is 65.0 Å². The molecule has 0 spiro atoms. The largest absolute Gasteiger partial charge is 0.469 e. The molecule has 3 aliphatic heterocycles. The second kappa shape index (κ2) is 11.4. The van der Waals surface area contributed by atoms with E-state index in [4.69, 9.17) is 18.9 Å². The minimum atomic E-state index is -1.46. The van der Waals surface area contributed by atoms with Crippen molar-refractivity contribution in [3.05, 3.63) is 0 Å². The number of methoxy groups -OCH3 is 1. The lowest BCUT2D eigenvalue weighted by atomic mass is 9.66. The Bertz CT molecular complexity index is 731. The highest BCUT2D eigenvalue weighted by molar-refractivity contribution is 5.99. The van der Waals surface area contributed by atoms with Crippen molar-refractivity contribution in [2.24, 2.45) is 35.0 Å². The summed E-state index contributed by atoms with van der Waals surface area (Å²) in [5, 5.41) is 0. The Kier molecular flexibility index (Phi) is 9.85. The van der Waals surface area contributed by atoms with Crippen molar-refractivity contribution in [3.63, 3.8) is 0 Å². The molecule has 3 heterocycles. The van der Waals surface area contributed by atoms with Gasteiger partial charge < -0.3 is 18.9 Å². The van der Waals surface area contributed by atoms with E-state index in [0.717, 1.165) is 0 Å². The van der Waals surface area contributed by atoms with Crippen molar-refractivity contribution in [1.82, 2.24) is 0 Å². The Morgan fingerprint density at radius 1 is 1.03 bits per heavy atom. The quantitative estimate of drug-likeness (QED) is 0.349. The first-order valence-electron chi connectivity index (χ1n) is 11.3. The molecule has 0 aromatic heterocycles. The minimum Gasteiger partial charge on any atom is -0.469 e. The first-order chi connectivity index (χ1) is 15.1. The Hall–Kier alpha value is -2.45. The van der Waals surface area contributed by atoms with Crippen molar-refractivity contribution in [2.75, 3.05) is 13.7 Å². The molecule has 7 unspecified atom stereocenters. The predicted molar refractivity (Wildman–Crippen MR) is 113 cm³/mol. The van der Waals surface area contributed by atoms with Gasteiger partial charge in [0.15, 0.2) is 0 Å². The van der Waals surface area contributed by atoms with Crippen LogP contribution < -0.4 is 0 Å². The third kappa shape index (κ3) is 5.13. The third-order valence-corrected chi connectivity index (χ3v) is 6.29. The van der Waals surface area contributed by atoms with Gasteiger partial charge in [-0.1, -0.05) is 41.5 Å². The van der Waals surface area contributed by atoms with Gasteiger partial charge in [-0.25, -0.2) is 0 Å². The molecule has 7 atom stereocenters. The molecule has 0 N–H and O–H groups in total. The zero-order valence-corrected chi connectivity index (χ0v) is 20.3. The maximum Gasteiger partial charge on any atom is 0.318 e. The number of hydrogen-bond donors (Lipinski definition) is 0. The van der Waals surface area contributed by atoms with E-state index in [0.29, 0.717) is 0 Å². The average molecular weight is 457 g/mol. The zero-order valence-electron chi connectivity index (χ0n) is 20.3. The van der Waals surface area contributed by atoms with Crippen molar-refractivity contribution in [3.8, 4) is 0 Å². The van der Waals surface area contributed by atoms with E-state index in [9.17, 15) is 24.0 Å². The van der Waals surface area contributed by atoms with Crippen LogP contribution in [-0.2, 0) is 42.9 Å². The molecule has 0 bridgehead atoms. The molecule has 0 saturated carbocycles. The highest BCUT2D eigenvalue weighted by atomic mass is 16.6. The lowest BCUT2D eigenvalue weighted by Gasteiger charge is -2.35. The van der Waals surface area contributed by atoms with Crippen LogP contribution in [0.15, 0.2) is 0 Å². The van der Waals surface area contributed by atoms with Crippen LogP contribution in [0.5, 0.6) is 0 Å². The van der Waals surface area contributed by atoms with Gasteiger partial charge in [0.05, 0.1) is 43.3 Å². The van der Waals surface area contributed by atoms with Gasteiger partial charge in [-0.05, 0) is 6.92 Å². The van der Waals surface area contributed by atoms with Crippen LogP contribution in [0.1, 0.15) is 61.3 Å². The summed E-state index contributed by atoms with van der Waals surface area (Å²) in [6.07, 6.45) is -0.829. The summed E-state index contributed by atoms with van der Waals surface area (Å²) in [6.45, 7) is 13.1. The molecule has 3 saturated heterocycles. The standard InChI is InChI=1S/C19H24O9.2C2H6/c1-8-7-26-16(22)13(8)10-5-12(20)27-11(10)6-19(3,18(24)25-4)14-9(2)15(21)28-17(14)23;2*1-2/h8-11,13-14H,5-7H2,1-4H3;2*1-2H3. The van der Waals surface area contributed by atoms with Gasteiger partial charge >= 0.3 is 29.8 Å². The van der Waals surface area contributed by atoms with Crippen LogP contribution in [-0.4, -0.2) is 49.7 Å². The molecular formula is C23H36O9. The Morgan fingerprint density at radius 2 is 1.62 bits per heavy atom. The molecular weight excluding hydrogens is 420 g/mol. The maximum absolute atomic E-state index is 12.7. The number of carbonyl (C=O) groups is 5. The molecule has 3 rings (SSSR count). The highest BCUT2D eigenvalue weighted by Gasteiger charge is 2.59. The van der Waals surface area contributed by atoms with Crippen LogP contribution in [0.2, 0.25) is 0 Å². The summed E-state index contributed by atoms with van der Waals surface area (Å²) in [6, 6.07) is 0. The van der Waals surface area contributed by atoms with Crippen LogP contribution >= 0.6 is 0 Å². The normalized spacial score (nSPS) is 33.0. The van der Waals surface area contributed by atoms with E-state index >= 15 is 0 Å². The molecule has 0 aromatic rings. The lowest BCUT2D eigenvalue weighted by molar-refractivity contribution is -0.167. The lowest BCUT2D eigenvalue weighted by Crippen LogP contribution is -2.46. The van der Waals surface area contributed by atoms with E-state index in [1.807, 2.05) is 34.6 Å². The first kappa shape index (κ1) is 27.6. The Morgan fingerprint density at radius 3 is 2.06 bits per heavy atom. The van der Waals surface area contributed by atoms with Gasteiger partial charge in [0, 0.05) is 18.3 Å². The van der Waals surface area contributed by atoms with E-state index in [2.05, 4.69) is 0 Å². The summed E-state index contributed by atoms with van der Waals surface area (Å²) < 4.78 is 20.2. The Labute approximate surface area is 189 Å². The van der Waals surface area contributed by atoms with E-state index in [1.54, 1.807) is 0 Å². The van der Waals surface area contributed by atoms with Gasteiger partial charge in [0.2, 0.25) is 0 Å². The summed E-state index contributed by atoms with van der Waals surface area (Å²) in [7, 11) is 1.18. The number of hydrogen-bond acceptors (Lipinski definition) is 9. The second-order valence-corrected chi connectivity index (χ2v) is 8.15. The van der Waals surface area contributed by atoms with Crippen molar-refractivity contribution in [1.29, 1.82) is 0 Å². The number of cyclic esters (lactones) is 4. The number of rotatable bonds is 5. The van der Waals surface area contributed by atoms with Gasteiger partial charge in [-0.15, -0.1) is 0 Å². The van der Waals surface area contributed by atoms with Crippen LogP contribution in [0.4, 0.5) is 0 Å². The third-order valence-electron chi connectivity index (χ3n) is 6.29. The predicted octanol–water partition coefficient (Wildman–Crippen LogP) is 2.68. The van der Waals surface area contributed by atoms with Gasteiger partial charge in [0.25, 0.3) is 0 Å². The van der Waals surface area contributed by atoms with E-state index in [1.165, 1.54) is 21.0 Å². The molecule has 3 aliphatic rings. The monoisotopic (exact) mass is 456 g/mol. The van der Waals surface area contributed by atoms with Gasteiger partial charge in [-0.3, -0.25) is 24.0 Å². The molecule has 0 radical (unpaired) electrons. The molecule has 9 heteroatoms. The summed E-state index contributed by atoms with van der Waals surface area (Å²) in [5.41, 5.74) is -1.46. The SMILES string of the molecule is CC.CC.COC(=O)C(C)(CC1OC(=O)CC1C1C(=O)OCC1C)C1C(=O)OC(=O)C1C. The maximum atomic E-state index is 12.7. The van der Waals surface area contributed by atoms with Crippen LogP contribution in [0.25, 0.3) is 0 Å². The fraction of sp³-hybridized carbons (Fsp3) is 0.783. The number of carbonyl (C=O) groups excluding carboxylic acids is 5. The fourth-order valence-corrected chi connectivity index (χ4v) is 4.82. The fourth-order valence-electron chi connectivity index (χ4n) is 4.82. The van der Waals surface area contributed by atoms with E-state index in [-0.39, 0.29) is 25.4 Å². The zero-order chi connectivity index (χ0) is 24.8. The van der Waals surface area contributed by atoms with Crippen molar-refractivity contribution >= 4 is 29.8 Å². The summed E-state index contributed by atoms with van der Waals surface area (Å²) >= 11 is 0. The van der Waals surface area contributed by atoms with Gasteiger partial charge in [-0.2, -0.15) is 0 Å². The van der Waals surface area contributed by atoms with Crippen LogP contribution in [0.3, 0.4) is 0 Å². The topological polar surface area (TPSA) is 122 Å². The molecule has 32 heavy (non-hydrogen) atoms. The summed E-state index contributed by atoms with van der Waals surface area (Å²) in [5.74, 6) is -6.13. The smallest absolute Gasteiger partial charge is 0.318 e. The number of ether oxygens (including phenoxy) is 4. The number of esters is 5. The van der Waals surface area contributed by atoms with Crippen molar-refractivity contribution < 1.29 is 42.9 Å². The minimum absolute atomic E-state index is 0.0234. The molecule has 0 aromatic carbocycles. The van der Waals surface area contributed by atoms with Gasteiger partial charge in [0.1, 0.15) is 6.10 Å². The molecule has 9 nitrogen and oxygen atoms in total. The first-order valence-corrected chi connectivity index (χ1v) is 11.3. The second-order valence-electron chi connectivity index (χ2n) is 8.15. The molecule has 3 fully saturated rings. The highest BCUT2D eigenvalue weighted by Crippen LogP contribution is 2.48. The van der Waals surface area contributed by atoms with Crippen molar-refractivity contribution in [2.45, 2.75) is 67.4 Å².